The van der Waals surface area contributed by atoms with Crippen molar-refractivity contribution < 1.29 is 14.3 Å². The van der Waals surface area contributed by atoms with E-state index in [2.05, 4.69) is 12.2 Å². The fourth-order valence-corrected chi connectivity index (χ4v) is 5.06. The Kier molecular flexibility index (Phi) is 8.13. The lowest BCUT2D eigenvalue weighted by molar-refractivity contribution is -0.118. The molecule has 0 radical (unpaired) electrons. The summed E-state index contributed by atoms with van der Waals surface area (Å²) >= 11 is 18.7. The maximum Gasteiger partial charge on any atom is 0.270 e. The van der Waals surface area contributed by atoms with Gasteiger partial charge in [0.1, 0.15) is 5.75 Å². The molecule has 0 aromatic heterocycles. The van der Waals surface area contributed by atoms with Crippen LogP contribution in [0, 0.1) is 0 Å². The van der Waals surface area contributed by atoms with E-state index in [9.17, 15) is 9.59 Å². The molecule has 1 saturated heterocycles. The molecule has 9 heteroatoms. The predicted octanol–water partition coefficient (Wildman–Crippen LogP) is 6.98. The Hall–Kier alpha value is -2.84. The van der Waals surface area contributed by atoms with Crippen LogP contribution in [0.25, 0.3) is 6.08 Å². The number of halogens is 2. The zero-order chi connectivity index (χ0) is 24.9. The van der Waals surface area contributed by atoms with Gasteiger partial charge in [-0.15, -0.1) is 0 Å². The first kappa shape index (κ1) is 25.3. The summed E-state index contributed by atoms with van der Waals surface area (Å²) in [7, 11) is 0. The molecule has 0 spiro atoms. The van der Waals surface area contributed by atoms with Crippen LogP contribution in [0.5, 0.6) is 5.75 Å². The summed E-state index contributed by atoms with van der Waals surface area (Å²) in [4.78, 5) is 27.2. The molecule has 1 N–H and O–H groups in total. The van der Waals surface area contributed by atoms with Crippen LogP contribution in [0.2, 0.25) is 10.0 Å². The number of aryl methyl sites for hydroxylation is 1. The summed E-state index contributed by atoms with van der Waals surface area (Å²) in [6.07, 6.45) is 2.72. The molecule has 0 aliphatic carbocycles. The Morgan fingerprint density at radius 2 is 1.80 bits per heavy atom. The van der Waals surface area contributed by atoms with Gasteiger partial charge in [-0.3, -0.25) is 14.5 Å². The fraction of sp³-hybridized carbons (Fsp3) is 0.115. The van der Waals surface area contributed by atoms with Crippen molar-refractivity contribution in [2.45, 2.75) is 13.3 Å². The maximum absolute atomic E-state index is 13.0. The number of anilines is 2. The van der Waals surface area contributed by atoms with Crippen LogP contribution in [-0.2, 0) is 16.0 Å². The highest BCUT2D eigenvalue weighted by atomic mass is 35.5. The molecule has 0 unspecified atom stereocenters. The lowest BCUT2D eigenvalue weighted by Gasteiger charge is -2.14. The van der Waals surface area contributed by atoms with Gasteiger partial charge in [-0.2, -0.15) is 0 Å². The van der Waals surface area contributed by atoms with Gasteiger partial charge in [0, 0.05) is 5.02 Å². The number of carbonyl (C=O) groups excluding carboxylic acids is 2. The third-order valence-electron chi connectivity index (χ3n) is 5.15. The molecule has 3 aromatic rings. The van der Waals surface area contributed by atoms with Crippen LogP contribution in [-0.4, -0.2) is 22.7 Å². The third-order valence-corrected chi connectivity index (χ3v) is 7.00. The third kappa shape index (κ3) is 6.24. The minimum Gasteiger partial charge on any atom is -0.484 e. The molecule has 2 amide bonds. The van der Waals surface area contributed by atoms with Crippen molar-refractivity contribution in [2.75, 3.05) is 16.8 Å². The first-order chi connectivity index (χ1) is 16.8. The normalized spacial score (nSPS) is 14.5. The highest BCUT2D eigenvalue weighted by molar-refractivity contribution is 8.27. The van der Waals surface area contributed by atoms with Gasteiger partial charge in [-0.25, -0.2) is 0 Å². The lowest BCUT2D eigenvalue weighted by atomic mass is 10.1. The van der Waals surface area contributed by atoms with E-state index in [0.29, 0.717) is 30.7 Å². The van der Waals surface area contributed by atoms with Gasteiger partial charge in [0.2, 0.25) is 0 Å². The number of thioether (sulfide) groups is 1. The van der Waals surface area contributed by atoms with E-state index in [4.69, 9.17) is 40.2 Å². The highest BCUT2D eigenvalue weighted by Gasteiger charge is 2.33. The molecule has 1 aliphatic heterocycles. The van der Waals surface area contributed by atoms with Gasteiger partial charge in [0.15, 0.2) is 10.9 Å². The van der Waals surface area contributed by atoms with Crippen molar-refractivity contribution >= 4 is 80.8 Å². The number of amides is 2. The van der Waals surface area contributed by atoms with Gasteiger partial charge < -0.3 is 10.1 Å². The summed E-state index contributed by atoms with van der Waals surface area (Å²) in [6, 6.07) is 19.7. The Labute approximate surface area is 223 Å². The van der Waals surface area contributed by atoms with Crippen LogP contribution in [0.4, 0.5) is 11.4 Å². The van der Waals surface area contributed by atoms with Crippen LogP contribution in [0.3, 0.4) is 0 Å². The zero-order valence-corrected chi connectivity index (χ0v) is 21.7. The van der Waals surface area contributed by atoms with Gasteiger partial charge in [-0.1, -0.05) is 78.4 Å². The first-order valence-electron chi connectivity index (χ1n) is 10.7. The molecular weight excluding hydrogens is 523 g/mol. The monoisotopic (exact) mass is 542 g/mol. The maximum atomic E-state index is 13.0. The van der Waals surface area contributed by atoms with Crippen LogP contribution in [0.1, 0.15) is 18.1 Å². The molecule has 1 fully saturated rings. The first-order valence-corrected chi connectivity index (χ1v) is 12.7. The van der Waals surface area contributed by atoms with Crippen molar-refractivity contribution in [1.82, 2.24) is 0 Å². The molecule has 5 nitrogen and oxygen atoms in total. The minimum absolute atomic E-state index is 0.151. The quantitative estimate of drug-likeness (QED) is 0.257. The number of thiocarbonyl (C=S) groups is 1. The van der Waals surface area contributed by atoms with Crippen LogP contribution in [0.15, 0.2) is 71.6 Å². The highest BCUT2D eigenvalue weighted by Crippen LogP contribution is 2.36. The molecular formula is C26H20Cl2N2O3S2. The van der Waals surface area contributed by atoms with Crippen molar-refractivity contribution in [1.29, 1.82) is 0 Å². The molecule has 178 valence electrons. The number of ether oxygens (including phenoxy) is 1. The minimum atomic E-state index is -0.353. The van der Waals surface area contributed by atoms with E-state index in [1.54, 1.807) is 41.3 Å². The molecule has 0 bridgehead atoms. The van der Waals surface area contributed by atoms with Gasteiger partial charge >= 0.3 is 0 Å². The van der Waals surface area contributed by atoms with E-state index in [1.165, 1.54) is 17.3 Å². The topological polar surface area (TPSA) is 58.6 Å². The van der Waals surface area contributed by atoms with E-state index in [1.807, 2.05) is 36.4 Å². The number of nitrogens with one attached hydrogen (secondary N) is 1. The van der Waals surface area contributed by atoms with Crippen molar-refractivity contribution in [3.8, 4) is 5.75 Å². The predicted molar refractivity (Wildman–Crippen MR) is 149 cm³/mol. The Bertz CT molecular complexity index is 1310. The average Bonchev–Trinajstić information content (AvgIpc) is 3.13. The summed E-state index contributed by atoms with van der Waals surface area (Å²) in [6.45, 7) is 1.90. The number of hydrogen-bond donors (Lipinski definition) is 1. The smallest absolute Gasteiger partial charge is 0.270 e. The van der Waals surface area contributed by atoms with Crippen LogP contribution < -0.4 is 15.0 Å². The number of carbonyl (C=O) groups is 2. The standard InChI is InChI=1S/C26H20Cl2N2O3S2/c1-2-16-3-8-19(9-4-16)30-25(32)23(35-26(30)34)13-17-5-10-20(11-6-17)33-15-24(31)29-22-12-7-18(27)14-21(22)28/h3-14H,2,15H2,1H3,(H,29,31)/b23-13-. The summed E-state index contributed by atoms with van der Waals surface area (Å²) in [5.74, 6) is 0.0131. The van der Waals surface area contributed by atoms with E-state index in [-0.39, 0.29) is 18.4 Å². The Morgan fingerprint density at radius 3 is 2.46 bits per heavy atom. The average molecular weight is 543 g/mol. The molecule has 4 rings (SSSR count). The van der Waals surface area contributed by atoms with Gasteiger partial charge in [-0.05, 0) is 66.1 Å². The number of hydrogen-bond acceptors (Lipinski definition) is 5. The summed E-state index contributed by atoms with van der Waals surface area (Å²) in [5.41, 5.74) is 3.23. The second-order valence-corrected chi connectivity index (χ2v) is 10.1. The van der Waals surface area contributed by atoms with E-state index >= 15 is 0 Å². The van der Waals surface area contributed by atoms with E-state index in [0.717, 1.165) is 17.7 Å². The molecule has 35 heavy (non-hydrogen) atoms. The summed E-state index contributed by atoms with van der Waals surface area (Å²) in [5, 5.41) is 3.51. The van der Waals surface area contributed by atoms with Crippen molar-refractivity contribution in [3.63, 3.8) is 0 Å². The van der Waals surface area contributed by atoms with Crippen LogP contribution >= 0.6 is 47.2 Å². The van der Waals surface area contributed by atoms with Crippen molar-refractivity contribution in [3.05, 3.63) is 92.8 Å². The summed E-state index contributed by atoms with van der Waals surface area (Å²) < 4.78 is 6.05. The lowest BCUT2D eigenvalue weighted by Crippen LogP contribution is -2.27. The fourth-order valence-electron chi connectivity index (χ4n) is 3.31. The largest absolute Gasteiger partial charge is 0.484 e. The molecule has 0 saturated carbocycles. The molecule has 0 atom stereocenters. The molecule has 1 heterocycles. The van der Waals surface area contributed by atoms with Crippen molar-refractivity contribution in [2.24, 2.45) is 0 Å². The zero-order valence-electron chi connectivity index (χ0n) is 18.6. The molecule has 1 aliphatic rings. The SMILES string of the molecule is CCc1ccc(N2C(=O)/C(=C/c3ccc(OCC(=O)Nc4ccc(Cl)cc4Cl)cc3)SC2=S)cc1. The molecule has 3 aromatic carbocycles. The Morgan fingerprint density at radius 1 is 1.09 bits per heavy atom. The number of benzene rings is 3. The number of rotatable bonds is 7. The Balaban J connectivity index is 1.36. The second-order valence-electron chi connectivity index (χ2n) is 7.57. The van der Waals surface area contributed by atoms with Gasteiger partial charge in [0.25, 0.3) is 11.8 Å². The number of nitrogens with zero attached hydrogens (tertiary/aromatic N) is 1. The van der Waals surface area contributed by atoms with Gasteiger partial charge in [0.05, 0.1) is 21.3 Å². The second kappa shape index (κ2) is 11.3. The van der Waals surface area contributed by atoms with E-state index < -0.39 is 0 Å².